The number of rotatable bonds is 9. The lowest BCUT2D eigenvalue weighted by atomic mass is 10.0. The summed E-state index contributed by atoms with van der Waals surface area (Å²) in [6.07, 6.45) is 0.921. The van der Waals surface area contributed by atoms with Gasteiger partial charge in [-0.25, -0.2) is 4.79 Å². The third-order valence-electron chi connectivity index (χ3n) is 3.02. The Morgan fingerprint density at radius 2 is 2.16 bits per heavy atom. The molecule has 7 heteroatoms. The zero-order valence-electron chi connectivity index (χ0n) is 11.4. The number of aliphatic carboxylic acids is 1. The lowest BCUT2D eigenvalue weighted by Crippen LogP contribution is -2.60. The van der Waals surface area contributed by atoms with Crippen molar-refractivity contribution in [3.05, 3.63) is 0 Å². The molecule has 0 aromatic rings. The molecule has 1 rings (SSSR count). The molecule has 110 valence electrons. The predicted molar refractivity (Wildman–Crippen MR) is 67.9 cm³/mol. The maximum absolute atomic E-state index is 11.6. The fourth-order valence-electron chi connectivity index (χ4n) is 1.74. The Kier molecular flexibility index (Phi) is 6.20. The Balaban J connectivity index is 2.27. The molecule has 1 heterocycles. The molecule has 0 radical (unpaired) electrons. The first-order valence-electron chi connectivity index (χ1n) is 6.32. The third-order valence-corrected chi connectivity index (χ3v) is 3.02. The van der Waals surface area contributed by atoms with Crippen molar-refractivity contribution < 1.29 is 24.2 Å². The van der Waals surface area contributed by atoms with E-state index in [0.717, 1.165) is 0 Å². The summed E-state index contributed by atoms with van der Waals surface area (Å²) in [5.41, 5.74) is -0.313. The van der Waals surface area contributed by atoms with Gasteiger partial charge in [0.2, 0.25) is 5.91 Å². The van der Waals surface area contributed by atoms with Gasteiger partial charge in [-0.05, 0) is 19.8 Å². The number of carboxylic acid groups (broad SMARTS) is 1. The highest BCUT2D eigenvalue weighted by molar-refractivity contribution is 5.84. The van der Waals surface area contributed by atoms with Gasteiger partial charge in [0.25, 0.3) is 0 Å². The first-order chi connectivity index (χ1) is 8.97. The van der Waals surface area contributed by atoms with Gasteiger partial charge >= 0.3 is 5.97 Å². The van der Waals surface area contributed by atoms with Gasteiger partial charge in [-0.2, -0.15) is 0 Å². The molecule has 1 amide bonds. The van der Waals surface area contributed by atoms with Crippen LogP contribution in [0.2, 0.25) is 0 Å². The van der Waals surface area contributed by atoms with Gasteiger partial charge in [0.15, 0.2) is 0 Å². The minimum Gasteiger partial charge on any atom is -0.480 e. The van der Waals surface area contributed by atoms with Crippen molar-refractivity contribution in [3.63, 3.8) is 0 Å². The number of hydrogen-bond donors (Lipinski definition) is 3. The smallest absolute Gasteiger partial charge is 0.326 e. The van der Waals surface area contributed by atoms with Gasteiger partial charge in [-0.1, -0.05) is 0 Å². The maximum Gasteiger partial charge on any atom is 0.326 e. The largest absolute Gasteiger partial charge is 0.480 e. The molecule has 1 fully saturated rings. The fourth-order valence-corrected chi connectivity index (χ4v) is 1.74. The average Bonchev–Trinajstić information content (AvgIpc) is 2.33. The fraction of sp³-hybridized carbons (Fsp3) is 0.833. The standard InChI is InChI=1S/C12H22N2O5/c1-12(7-13-8-12)19-6-10(15)14-9(11(16)17)4-3-5-18-2/h9,13H,3-8H2,1-2H3,(H,14,15)(H,16,17). The Hall–Kier alpha value is -1.18. The highest BCUT2D eigenvalue weighted by Gasteiger charge is 2.33. The monoisotopic (exact) mass is 274 g/mol. The molecule has 1 unspecified atom stereocenters. The lowest BCUT2D eigenvalue weighted by molar-refractivity contribution is -0.145. The third kappa shape index (κ3) is 5.54. The van der Waals surface area contributed by atoms with Crippen LogP contribution in [0.1, 0.15) is 19.8 Å². The summed E-state index contributed by atoms with van der Waals surface area (Å²) in [6.45, 7) is 3.67. The molecule has 0 saturated carbocycles. The van der Waals surface area contributed by atoms with Crippen LogP contribution in [0.15, 0.2) is 0 Å². The van der Waals surface area contributed by atoms with Crippen LogP contribution in [0.25, 0.3) is 0 Å². The molecule has 0 aromatic carbocycles. The lowest BCUT2D eigenvalue weighted by Gasteiger charge is -2.38. The molecule has 1 aliphatic rings. The predicted octanol–water partition coefficient (Wildman–Crippen LogP) is -0.639. The SMILES string of the molecule is COCCCC(NC(=O)COC1(C)CNC1)C(=O)O. The molecule has 19 heavy (non-hydrogen) atoms. The zero-order chi connectivity index (χ0) is 14.3. The van der Waals surface area contributed by atoms with E-state index in [9.17, 15) is 9.59 Å². The molecular formula is C12H22N2O5. The van der Waals surface area contributed by atoms with Crippen molar-refractivity contribution >= 4 is 11.9 Å². The molecule has 0 bridgehead atoms. The Labute approximate surface area is 112 Å². The van der Waals surface area contributed by atoms with Gasteiger partial charge in [-0.15, -0.1) is 0 Å². The van der Waals surface area contributed by atoms with E-state index in [1.165, 1.54) is 0 Å². The number of nitrogens with one attached hydrogen (secondary N) is 2. The number of carboxylic acids is 1. The number of ether oxygens (including phenoxy) is 2. The number of hydrogen-bond acceptors (Lipinski definition) is 5. The summed E-state index contributed by atoms with van der Waals surface area (Å²) >= 11 is 0. The van der Waals surface area contributed by atoms with Gasteiger partial charge in [0.1, 0.15) is 12.6 Å². The topological polar surface area (TPSA) is 96.9 Å². The van der Waals surface area contributed by atoms with Crippen LogP contribution < -0.4 is 10.6 Å². The second-order valence-corrected chi connectivity index (χ2v) is 4.94. The van der Waals surface area contributed by atoms with Gasteiger partial charge in [0.05, 0.1) is 5.60 Å². The molecule has 1 atom stereocenters. The highest BCUT2D eigenvalue weighted by atomic mass is 16.5. The quantitative estimate of drug-likeness (QED) is 0.484. The van der Waals surface area contributed by atoms with E-state index in [0.29, 0.717) is 32.5 Å². The van der Waals surface area contributed by atoms with E-state index in [4.69, 9.17) is 14.6 Å². The van der Waals surface area contributed by atoms with E-state index < -0.39 is 17.9 Å². The average molecular weight is 274 g/mol. The molecule has 7 nitrogen and oxygen atoms in total. The summed E-state index contributed by atoms with van der Waals surface area (Å²) in [5, 5.41) is 14.5. The normalized spacial score (nSPS) is 18.4. The molecule has 1 saturated heterocycles. The summed E-state index contributed by atoms with van der Waals surface area (Å²) in [5.74, 6) is -1.45. The van der Waals surface area contributed by atoms with E-state index in [-0.39, 0.29) is 12.2 Å². The van der Waals surface area contributed by atoms with Crippen molar-refractivity contribution in [2.45, 2.75) is 31.4 Å². The minimum atomic E-state index is -1.04. The first kappa shape index (κ1) is 15.9. The van der Waals surface area contributed by atoms with E-state index in [2.05, 4.69) is 10.6 Å². The van der Waals surface area contributed by atoms with Crippen LogP contribution in [0.5, 0.6) is 0 Å². The molecule has 0 aliphatic carbocycles. The zero-order valence-corrected chi connectivity index (χ0v) is 11.4. The molecule has 0 spiro atoms. The first-order valence-corrected chi connectivity index (χ1v) is 6.32. The maximum atomic E-state index is 11.6. The summed E-state index contributed by atoms with van der Waals surface area (Å²) < 4.78 is 10.3. The number of methoxy groups -OCH3 is 1. The molecule has 3 N–H and O–H groups in total. The Bertz CT molecular complexity index is 317. The molecular weight excluding hydrogens is 252 g/mol. The van der Waals surface area contributed by atoms with E-state index in [1.807, 2.05) is 6.92 Å². The molecule has 0 aromatic heterocycles. The Morgan fingerprint density at radius 3 is 2.63 bits per heavy atom. The summed E-state index contributed by atoms with van der Waals surface area (Å²) in [4.78, 5) is 22.6. The van der Waals surface area contributed by atoms with Crippen LogP contribution in [0.3, 0.4) is 0 Å². The van der Waals surface area contributed by atoms with Gasteiger partial charge in [0, 0.05) is 26.8 Å². The van der Waals surface area contributed by atoms with Crippen molar-refractivity contribution in [2.75, 3.05) is 33.4 Å². The minimum absolute atomic E-state index is 0.119. The van der Waals surface area contributed by atoms with Crippen LogP contribution in [-0.4, -0.2) is 62.0 Å². The van der Waals surface area contributed by atoms with Crippen LogP contribution >= 0.6 is 0 Å². The Morgan fingerprint density at radius 1 is 1.47 bits per heavy atom. The summed E-state index contributed by atoms with van der Waals surface area (Å²) in [6, 6.07) is -0.890. The van der Waals surface area contributed by atoms with Gasteiger partial charge in [-0.3, -0.25) is 4.79 Å². The van der Waals surface area contributed by atoms with Crippen molar-refractivity contribution in [1.82, 2.24) is 10.6 Å². The van der Waals surface area contributed by atoms with E-state index in [1.54, 1.807) is 7.11 Å². The van der Waals surface area contributed by atoms with Crippen LogP contribution in [0.4, 0.5) is 0 Å². The van der Waals surface area contributed by atoms with Crippen molar-refractivity contribution in [2.24, 2.45) is 0 Å². The van der Waals surface area contributed by atoms with Crippen molar-refractivity contribution in [3.8, 4) is 0 Å². The number of carbonyl (C=O) groups is 2. The number of amides is 1. The van der Waals surface area contributed by atoms with E-state index >= 15 is 0 Å². The second-order valence-electron chi connectivity index (χ2n) is 4.94. The highest BCUT2D eigenvalue weighted by Crippen LogP contribution is 2.14. The molecule has 1 aliphatic heterocycles. The van der Waals surface area contributed by atoms with Crippen LogP contribution in [-0.2, 0) is 19.1 Å². The van der Waals surface area contributed by atoms with Gasteiger partial charge < -0.3 is 25.2 Å². The van der Waals surface area contributed by atoms with Crippen LogP contribution in [0, 0.1) is 0 Å². The van der Waals surface area contributed by atoms with Crippen molar-refractivity contribution in [1.29, 1.82) is 0 Å². The second kappa shape index (κ2) is 7.42. The number of carbonyl (C=O) groups excluding carboxylic acids is 1. The summed E-state index contributed by atoms with van der Waals surface area (Å²) in [7, 11) is 1.55.